The SMILES string of the molecule is CC(C)(C)N[C@H]1C(=C=O)NCCN1C(=O)OC(C)(C)C. The number of amides is 1. The number of piperazine rings is 1. The van der Waals surface area contributed by atoms with Crippen molar-refractivity contribution in [1.29, 1.82) is 0 Å². The van der Waals surface area contributed by atoms with E-state index in [-0.39, 0.29) is 5.54 Å². The number of rotatable bonds is 1. The molecular formula is C14H25N3O3. The van der Waals surface area contributed by atoms with Crippen LogP contribution in [0.25, 0.3) is 0 Å². The highest BCUT2D eigenvalue weighted by Gasteiger charge is 2.35. The van der Waals surface area contributed by atoms with E-state index in [0.29, 0.717) is 18.8 Å². The normalized spacial score (nSPS) is 20.2. The molecule has 0 aromatic carbocycles. The van der Waals surface area contributed by atoms with Crippen LogP contribution >= 0.6 is 0 Å². The number of carbonyl (C=O) groups excluding carboxylic acids is 2. The summed E-state index contributed by atoms with van der Waals surface area (Å²) in [6.07, 6.45) is -0.982. The summed E-state index contributed by atoms with van der Waals surface area (Å²) in [5.74, 6) is 1.87. The van der Waals surface area contributed by atoms with Crippen molar-refractivity contribution in [2.45, 2.75) is 58.8 Å². The molecule has 0 spiro atoms. The summed E-state index contributed by atoms with van der Waals surface area (Å²) in [5, 5.41) is 6.21. The Morgan fingerprint density at radius 1 is 1.35 bits per heavy atom. The first kappa shape index (κ1) is 16.5. The smallest absolute Gasteiger partial charge is 0.411 e. The third-order valence-electron chi connectivity index (χ3n) is 2.56. The number of nitrogens with one attached hydrogen (secondary N) is 2. The van der Waals surface area contributed by atoms with Crippen LogP contribution in [0.15, 0.2) is 5.70 Å². The zero-order chi connectivity index (χ0) is 15.6. The summed E-state index contributed by atoms with van der Waals surface area (Å²) >= 11 is 0. The Labute approximate surface area is 120 Å². The zero-order valence-electron chi connectivity index (χ0n) is 13.2. The molecule has 0 aromatic rings. The average molecular weight is 283 g/mol. The average Bonchev–Trinajstić information content (AvgIpc) is 2.24. The Balaban J connectivity index is 2.95. The Bertz CT molecular complexity index is 414. The fourth-order valence-electron chi connectivity index (χ4n) is 1.86. The molecule has 114 valence electrons. The first-order valence-corrected chi connectivity index (χ1v) is 6.80. The van der Waals surface area contributed by atoms with Crippen molar-refractivity contribution in [3.63, 3.8) is 0 Å². The minimum Gasteiger partial charge on any atom is -0.444 e. The summed E-state index contributed by atoms with van der Waals surface area (Å²) < 4.78 is 5.39. The van der Waals surface area contributed by atoms with Gasteiger partial charge in [-0.15, -0.1) is 0 Å². The van der Waals surface area contributed by atoms with Gasteiger partial charge in [-0.05, 0) is 41.5 Å². The topological polar surface area (TPSA) is 70.7 Å². The van der Waals surface area contributed by atoms with Crippen LogP contribution in [0.2, 0.25) is 0 Å². The summed E-state index contributed by atoms with van der Waals surface area (Å²) in [4.78, 5) is 24.9. The van der Waals surface area contributed by atoms with Crippen molar-refractivity contribution in [2.75, 3.05) is 13.1 Å². The summed E-state index contributed by atoms with van der Waals surface area (Å²) in [6, 6.07) is 0. The van der Waals surface area contributed by atoms with Gasteiger partial charge in [0.2, 0.25) is 0 Å². The van der Waals surface area contributed by atoms with E-state index in [1.807, 2.05) is 47.5 Å². The maximum absolute atomic E-state index is 12.3. The quantitative estimate of drug-likeness (QED) is 0.709. The molecule has 1 heterocycles. The Hall–Kier alpha value is -1.52. The molecule has 0 radical (unpaired) electrons. The standard InChI is InChI=1S/C14H25N3O3/c1-13(2,3)16-11-10(9-18)15-7-8-17(11)12(19)20-14(4,5)6/h11,15-16H,7-8H2,1-6H3/t11-/m1/s1. The van der Waals surface area contributed by atoms with Crippen LogP contribution in [0.4, 0.5) is 4.79 Å². The van der Waals surface area contributed by atoms with Crippen molar-refractivity contribution in [3.8, 4) is 0 Å². The highest BCUT2D eigenvalue weighted by atomic mass is 16.6. The van der Waals surface area contributed by atoms with E-state index < -0.39 is 17.9 Å². The van der Waals surface area contributed by atoms with Gasteiger partial charge < -0.3 is 10.1 Å². The molecule has 6 heteroatoms. The zero-order valence-corrected chi connectivity index (χ0v) is 13.2. The number of hydrogen-bond donors (Lipinski definition) is 2. The predicted molar refractivity (Wildman–Crippen MR) is 76.8 cm³/mol. The summed E-state index contributed by atoms with van der Waals surface area (Å²) in [7, 11) is 0. The molecule has 1 aliphatic heterocycles. The van der Waals surface area contributed by atoms with Gasteiger partial charge >= 0.3 is 6.09 Å². The monoisotopic (exact) mass is 283 g/mol. The van der Waals surface area contributed by atoms with Crippen LogP contribution in [-0.4, -0.2) is 47.3 Å². The van der Waals surface area contributed by atoms with Crippen molar-refractivity contribution in [1.82, 2.24) is 15.5 Å². The number of nitrogens with zero attached hydrogens (tertiary/aromatic N) is 1. The third kappa shape index (κ3) is 4.87. The fourth-order valence-corrected chi connectivity index (χ4v) is 1.86. The molecule has 1 aliphatic rings. The molecular weight excluding hydrogens is 258 g/mol. The molecule has 0 aliphatic carbocycles. The van der Waals surface area contributed by atoms with E-state index in [4.69, 9.17) is 4.74 Å². The first-order chi connectivity index (χ1) is 9.03. The molecule has 2 N–H and O–H groups in total. The molecule has 0 unspecified atom stereocenters. The molecule has 20 heavy (non-hydrogen) atoms. The van der Waals surface area contributed by atoms with Gasteiger partial charge in [-0.3, -0.25) is 10.2 Å². The van der Waals surface area contributed by atoms with Gasteiger partial charge in [-0.2, -0.15) is 0 Å². The van der Waals surface area contributed by atoms with E-state index in [1.54, 1.807) is 0 Å². The van der Waals surface area contributed by atoms with Crippen LogP contribution in [0.3, 0.4) is 0 Å². The van der Waals surface area contributed by atoms with Crippen molar-refractivity contribution in [2.24, 2.45) is 0 Å². The molecule has 0 bridgehead atoms. The molecule has 0 aromatic heterocycles. The second kappa shape index (κ2) is 5.85. The second-order valence-corrected chi connectivity index (χ2v) is 6.91. The number of carbonyl (C=O) groups is 1. The van der Waals surface area contributed by atoms with Crippen LogP contribution in [0.1, 0.15) is 41.5 Å². The summed E-state index contributed by atoms with van der Waals surface area (Å²) in [6.45, 7) is 12.3. The molecule has 1 atom stereocenters. The van der Waals surface area contributed by atoms with Crippen molar-refractivity contribution < 1.29 is 14.3 Å². The van der Waals surface area contributed by atoms with E-state index in [0.717, 1.165) is 0 Å². The molecule has 1 fully saturated rings. The van der Waals surface area contributed by atoms with Gasteiger partial charge in [0, 0.05) is 18.6 Å². The van der Waals surface area contributed by atoms with Crippen LogP contribution in [-0.2, 0) is 9.53 Å². The lowest BCUT2D eigenvalue weighted by atomic mass is 10.1. The van der Waals surface area contributed by atoms with Gasteiger partial charge in [-0.25, -0.2) is 9.59 Å². The molecule has 1 rings (SSSR count). The minimum absolute atomic E-state index is 0.258. The lowest BCUT2D eigenvalue weighted by Crippen LogP contribution is -2.62. The molecule has 6 nitrogen and oxygen atoms in total. The van der Waals surface area contributed by atoms with Crippen molar-refractivity contribution in [3.05, 3.63) is 5.70 Å². The maximum atomic E-state index is 12.3. The van der Waals surface area contributed by atoms with Crippen molar-refractivity contribution >= 4 is 12.0 Å². The number of hydrogen-bond acceptors (Lipinski definition) is 5. The van der Waals surface area contributed by atoms with E-state index in [2.05, 4.69) is 10.6 Å². The highest BCUT2D eigenvalue weighted by Crippen LogP contribution is 2.17. The van der Waals surface area contributed by atoms with Gasteiger partial charge in [0.25, 0.3) is 0 Å². The highest BCUT2D eigenvalue weighted by molar-refractivity contribution is 5.70. The number of ether oxygens (including phenoxy) is 1. The van der Waals surface area contributed by atoms with Gasteiger partial charge in [-0.1, -0.05) is 0 Å². The minimum atomic E-state index is -0.570. The van der Waals surface area contributed by atoms with E-state index >= 15 is 0 Å². The van der Waals surface area contributed by atoms with Crippen LogP contribution in [0.5, 0.6) is 0 Å². The molecule has 1 saturated heterocycles. The van der Waals surface area contributed by atoms with Gasteiger partial charge in [0.1, 0.15) is 23.4 Å². The van der Waals surface area contributed by atoms with E-state index in [1.165, 1.54) is 4.90 Å². The van der Waals surface area contributed by atoms with Crippen LogP contribution < -0.4 is 10.6 Å². The lowest BCUT2D eigenvalue weighted by molar-refractivity contribution is 0.0102. The van der Waals surface area contributed by atoms with Gasteiger partial charge in [0.05, 0.1) is 0 Å². The van der Waals surface area contributed by atoms with Crippen LogP contribution in [0, 0.1) is 0 Å². The second-order valence-electron chi connectivity index (χ2n) is 6.91. The molecule has 1 amide bonds. The Morgan fingerprint density at radius 2 is 1.95 bits per heavy atom. The summed E-state index contributed by atoms with van der Waals surface area (Å²) in [5.41, 5.74) is -0.497. The Kier molecular flexibility index (Phi) is 4.84. The largest absolute Gasteiger partial charge is 0.444 e. The lowest BCUT2D eigenvalue weighted by Gasteiger charge is -2.40. The van der Waals surface area contributed by atoms with E-state index in [9.17, 15) is 9.59 Å². The Morgan fingerprint density at radius 3 is 2.40 bits per heavy atom. The predicted octanol–water partition coefficient (Wildman–Crippen LogP) is 1.26. The maximum Gasteiger partial charge on any atom is 0.411 e. The third-order valence-corrected chi connectivity index (χ3v) is 2.56. The van der Waals surface area contributed by atoms with Gasteiger partial charge in [0.15, 0.2) is 0 Å². The first-order valence-electron chi connectivity index (χ1n) is 6.80. The molecule has 0 saturated carbocycles. The fraction of sp³-hybridized carbons (Fsp3) is 0.786.